The van der Waals surface area contributed by atoms with E-state index in [0.29, 0.717) is 22.2 Å². The highest BCUT2D eigenvalue weighted by molar-refractivity contribution is 8.00. The number of thioether (sulfide) groups is 1. The zero-order chi connectivity index (χ0) is 39.4. The van der Waals surface area contributed by atoms with Crippen LogP contribution in [0.1, 0.15) is 50.5 Å². The molecule has 1 aliphatic rings. The fraction of sp³-hybridized carbons (Fsp3) is 0.146. The third-order valence-corrected chi connectivity index (χ3v) is 12.2. The number of nitrogens with one attached hydrogen (secondary N) is 1. The van der Waals surface area contributed by atoms with E-state index >= 15 is 0 Å². The van der Waals surface area contributed by atoms with Gasteiger partial charge in [0.2, 0.25) is 5.91 Å². The number of fused-ring (bicyclic) bond motifs is 4. The Bertz CT molecular complexity index is 2420. The molecule has 9 heteroatoms. The molecule has 0 spiro atoms. The average molecular weight is 775 g/mol. The van der Waals surface area contributed by atoms with Crippen molar-refractivity contribution in [3.63, 3.8) is 0 Å². The third kappa shape index (κ3) is 7.46. The number of carboxylic acids is 1. The Morgan fingerprint density at radius 2 is 1.26 bits per heavy atom. The van der Waals surface area contributed by atoms with Gasteiger partial charge < -0.3 is 15.2 Å². The normalized spacial score (nSPS) is 12.8. The predicted molar refractivity (Wildman–Crippen MR) is 222 cm³/mol. The Morgan fingerprint density at radius 3 is 1.81 bits per heavy atom. The van der Waals surface area contributed by atoms with E-state index in [0.717, 1.165) is 38.9 Å². The fourth-order valence-electron chi connectivity index (χ4n) is 8.02. The molecule has 1 heterocycles. The van der Waals surface area contributed by atoms with E-state index < -0.39 is 28.7 Å². The van der Waals surface area contributed by atoms with Crippen LogP contribution in [0, 0.1) is 5.82 Å². The maximum Gasteiger partial charge on any atom is 0.407 e. The highest BCUT2D eigenvalue weighted by Crippen LogP contribution is 2.49. The summed E-state index contributed by atoms with van der Waals surface area (Å²) < 4.78 is 21.2. The first-order valence-corrected chi connectivity index (χ1v) is 19.8. The van der Waals surface area contributed by atoms with E-state index in [1.807, 2.05) is 103 Å². The molecule has 0 radical (unpaired) electrons. The molecule has 57 heavy (non-hydrogen) atoms. The largest absolute Gasteiger partial charge is 0.480 e. The van der Waals surface area contributed by atoms with Crippen LogP contribution >= 0.6 is 11.8 Å². The smallest absolute Gasteiger partial charge is 0.407 e. The number of aliphatic carboxylic acids is 1. The van der Waals surface area contributed by atoms with Gasteiger partial charge in [-0.2, -0.15) is 0 Å². The lowest BCUT2D eigenvalue weighted by Gasteiger charge is -2.35. The Labute approximate surface area is 334 Å². The highest BCUT2D eigenvalue weighted by atomic mass is 32.2. The number of hydrogen-bond donors (Lipinski definition) is 2. The van der Waals surface area contributed by atoms with E-state index in [2.05, 4.69) is 41.7 Å². The number of nitrogens with zero attached hydrogens (tertiary/aromatic N) is 1. The molecule has 0 saturated carbocycles. The highest BCUT2D eigenvalue weighted by Gasteiger charge is 2.37. The fourth-order valence-corrected chi connectivity index (χ4v) is 9.51. The minimum Gasteiger partial charge on any atom is -0.480 e. The number of rotatable bonds is 13. The van der Waals surface area contributed by atoms with Crippen molar-refractivity contribution in [3.8, 4) is 11.1 Å². The number of hydrogen-bond acceptors (Lipinski definition) is 5. The number of amides is 1. The summed E-state index contributed by atoms with van der Waals surface area (Å²) in [6, 6.07) is 49.2. The second-order valence-electron chi connectivity index (χ2n) is 14.0. The van der Waals surface area contributed by atoms with Crippen molar-refractivity contribution >= 4 is 40.6 Å². The van der Waals surface area contributed by atoms with Gasteiger partial charge in [0.15, 0.2) is 0 Å². The molecule has 284 valence electrons. The summed E-state index contributed by atoms with van der Waals surface area (Å²) in [6.07, 6.45) is 0.615. The molecular formula is C48H39FN2O5S. The molecular weight excluding hydrogens is 736 g/mol. The Kier molecular flexibility index (Phi) is 10.7. The molecule has 1 amide bonds. The lowest BCUT2D eigenvalue weighted by molar-refractivity contribution is -0.139. The molecule has 1 aliphatic carbocycles. The van der Waals surface area contributed by atoms with Crippen LogP contribution in [0.2, 0.25) is 0 Å². The molecule has 0 unspecified atom stereocenters. The number of halogens is 1. The van der Waals surface area contributed by atoms with Gasteiger partial charge >= 0.3 is 12.1 Å². The molecule has 1 atom stereocenters. The second-order valence-corrected chi connectivity index (χ2v) is 15.3. The van der Waals surface area contributed by atoms with Gasteiger partial charge in [-0.1, -0.05) is 140 Å². The summed E-state index contributed by atoms with van der Waals surface area (Å²) in [6.45, 7) is 0.0172. The quantitative estimate of drug-likeness (QED) is 0.113. The Morgan fingerprint density at radius 1 is 0.737 bits per heavy atom. The first kappa shape index (κ1) is 37.5. The van der Waals surface area contributed by atoms with Gasteiger partial charge in [0.25, 0.3) is 0 Å². The van der Waals surface area contributed by atoms with Gasteiger partial charge in [0.1, 0.15) is 18.5 Å². The maximum absolute atomic E-state index is 14.7. The van der Waals surface area contributed by atoms with Crippen molar-refractivity contribution in [1.82, 2.24) is 9.88 Å². The topological polar surface area (TPSA) is 97.6 Å². The van der Waals surface area contributed by atoms with E-state index in [4.69, 9.17) is 4.74 Å². The SMILES string of the molecule is O=C(N[C@@H](Cc1cn(C(=O)CCSC(c2ccccc2)(c2ccccc2)c2ccccc2)c2ccc(F)cc12)C(=O)O)OCC1c2ccccc2-c2ccccc21. The van der Waals surface area contributed by atoms with E-state index in [9.17, 15) is 23.9 Å². The van der Waals surface area contributed by atoms with Crippen LogP contribution < -0.4 is 5.32 Å². The van der Waals surface area contributed by atoms with Crippen LogP contribution in [-0.4, -0.2) is 46.0 Å². The summed E-state index contributed by atoms with van der Waals surface area (Å²) in [5.74, 6) is -1.81. The molecule has 1 aromatic heterocycles. The Balaban J connectivity index is 1.01. The first-order valence-electron chi connectivity index (χ1n) is 18.8. The summed E-state index contributed by atoms with van der Waals surface area (Å²) in [7, 11) is 0. The molecule has 0 fully saturated rings. The Hall–Kier alpha value is -6.45. The second kappa shape index (κ2) is 16.3. The zero-order valence-corrected chi connectivity index (χ0v) is 31.7. The first-order chi connectivity index (χ1) is 27.8. The minimum absolute atomic E-state index is 0.0172. The number of carbonyl (C=O) groups is 3. The summed E-state index contributed by atoms with van der Waals surface area (Å²) in [4.78, 5) is 39.8. The summed E-state index contributed by atoms with van der Waals surface area (Å²) in [5, 5.41) is 13.1. The standard InChI is InChI=1S/C48H39FN2O5S/c49-36-24-25-44-41(29-36)32(28-43(46(53)54)50-47(55)56-31-42-39-22-12-10-20-37(39)38-21-11-13-23-40(38)42)30-51(44)45(52)26-27-57-48(33-14-4-1-5-15-33,34-16-6-2-7-17-34)35-18-8-3-9-19-35/h1-25,29-30,42-43H,26-28,31H2,(H,50,55)(H,53,54)/t43-/m0/s1. The monoisotopic (exact) mass is 774 g/mol. The lowest BCUT2D eigenvalue weighted by atomic mass is 9.84. The van der Waals surface area contributed by atoms with Crippen LogP contribution in [0.15, 0.2) is 164 Å². The van der Waals surface area contributed by atoms with Gasteiger partial charge in [0, 0.05) is 36.1 Å². The molecule has 0 bridgehead atoms. The van der Waals surface area contributed by atoms with Crippen molar-refractivity contribution < 1.29 is 28.6 Å². The van der Waals surface area contributed by atoms with Gasteiger partial charge in [-0.3, -0.25) is 9.36 Å². The number of carbonyl (C=O) groups excluding carboxylic acids is 2. The molecule has 0 saturated heterocycles. The zero-order valence-electron chi connectivity index (χ0n) is 30.9. The molecule has 7 aromatic rings. The number of aromatic nitrogens is 1. The van der Waals surface area contributed by atoms with Crippen molar-refractivity contribution in [2.45, 2.75) is 29.5 Å². The number of alkyl carbamates (subject to hydrolysis) is 1. The van der Waals surface area contributed by atoms with Crippen LogP contribution in [0.3, 0.4) is 0 Å². The van der Waals surface area contributed by atoms with Crippen LogP contribution in [0.5, 0.6) is 0 Å². The van der Waals surface area contributed by atoms with Gasteiger partial charge in [0.05, 0.1) is 10.3 Å². The van der Waals surface area contributed by atoms with Gasteiger partial charge in [-0.15, -0.1) is 11.8 Å². The summed E-state index contributed by atoms with van der Waals surface area (Å²) in [5.41, 5.74) is 8.30. The number of carboxylic acid groups (broad SMARTS) is 1. The maximum atomic E-state index is 14.7. The number of benzene rings is 6. The molecule has 6 aromatic carbocycles. The minimum atomic E-state index is -1.41. The van der Waals surface area contributed by atoms with Crippen molar-refractivity contribution in [3.05, 3.63) is 203 Å². The molecule has 8 rings (SSSR count). The summed E-state index contributed by atoms with van der Waals surface area (Å²) >= 11 is 1.66. The molecule has 0 aliphatic heterocycles. The molecule has 2 N–H and O–H groups in total. The van der Waals surface area contributed by atoms with Crippen LogP contribution in [-0.2, 0) is 20.7 Å². The van der Waals surface area contributed by atoms with Crippen molar-refractivity contribution in [2.75, 3.05) is 12.4 Å². The van der Waals surface area contributed by atoms with Crippen LogP contribution in [0.4, 0.5) is 9.18 Å². The van der Waals surface area contributed by atoms with Crippen molar-refractivity contribution in [1.29, 1.82) is 0 Å². The third-order valence-electron chi connectivity index (χ3n) is 10.7. The number of ether oxygens (including phenoxy) is 1. The molecule has 7 nitrogen and oxygen atoms in total. The van der Waals surface area contributed by atoms with E-state index in [1.165, 1.54) is 22.8 Å². The van der Waals surface area contributed by atoms with Gasteiger partial charge in [-0.25, -0.2) is 14.0 Å². The predicted octanol–water partition coefficient (Wildman–Crippen LogP) is 10.1. The average Bonchev–Trinajstić information content (AvgIpc) is 3.77. The van der Waals surface area contributed by atoms with E-state index in [-0.39, 0.29) is 31.3 Å². The van der Waals surface area contributed by atoms with E-state index in [1.54, 1.807) is 18.0 Å². The van der Waals surface area contributed by atoms with Crippen molar-refractivity contribution in [2.24, 2.45) is 0 Å². The van der Waals surface area contributed by atoms with Crippen LogP contribution in [0.25, 0.3) is 22.0 Å². The lowest BCUT2D eigenvalue weighted by Crippen LogP contribution is -2.42. The van der Waals surface area contributed by atoms with Gasteiger partial charge in [-0.05, 0) is 62.7 Å².